The van der Waals surface area contributed by atoms with Gasteiger partial charge in [0.1, 0.15) is 17.4 Å². The highest BCUT2D eigenvalue weighted by atomic mass is 35.5. The average molecular weight is 431 g/mol. The molecule has 5 nitrogen and oxygen atoms in total. The van der Waals surface area contributed by atoms with Crippen LogP contribution in [-0.4, -0.2) is 31.4 Å². The van der Waals surface area contributed by atoms with E-state index in [-0.39, 0.29) is 29.4 Å². The number of carboxylic acids is 1. The molecule has 0 aromatic heterocycles. The molecule has 1 aliphatic carbocycles. The van der Waals surface area contributed by atoms with Crippen LogP contribution in [-0.2, 0) is 14.6 Å². The Balaban J connectivity index is 1.78. The van der Waals surface area contributed by atoms with Crippen molar-refractivity contribution in [2.45, 2.75) is 23.0 Å². The van der Waals surface area contributed by atoms with E-state index < -0.39 is 44.5 Å². The molecule has 0 aliphatic heterocycles. The van der Waals surface area contributed by atoms with Gasteiger partial charge in [0.25, 0.3) is 0 Å². The summed E-state index contributed by atoms with van der Waals surface area (Å²) in [5.41, 5.74) is 0. The topological polar surface area (TPSA) is 80.7 Å². The molecule has 1 saturated carbocycles. The van der Waals surface area contributed by atoms with Crippen molar-refractivity contribution in [2.24, 2.45) is 11.8 Å². The molecule has 1 N–H and O–H groups in total. The Hall–Kier alpha value is -2.19. The van der Waals surface area contributed by atoms with Gasteiger partial charge in [-0.25, -0.2) is 17.2 Å². The van der Waals surface area contributed by atoms with Gasteiger partial charge in [-0.1, -0.05) is 11.6 Å². The molecule has 0 radical (unpaired) electrons. The van der Waals surface area contributed by atoms with Crippen LogP contribution in [0.5, 0.6) is 5.75 Å². The molecule has 1 fully saturated rings. The van der Waals surface area contributed by atoms with E-state index in [1.54, 1.807) is 0 Å². The Bertz CT molecular complexity index is 978. The van der Waals surface area contributed by atoms with Crippen molar-refractivity contribution >= 4 is 27.4 Å². The predicted octanol–water partition coefficient (Wildman–Crippen LogP) is 3.95. The number of rotatable bonds is 6. The third kappa shape index (κ3) is 4.28. The number of aliphatic carboxylic acids is 1. The van der Waals surface area contributed by atoms with Crippen LogP contribution >= 0.6 is 11.6 Å². The zero-order valence-electron chi connectivity index (χ0n) is 14.5. The molecule has 3 rings (SSSR count). The molecule has 0 heterocycles. The van der Waals surface area contributed by atoms with Gasteiger partial charge >= 0.3 is 5.97 Å². The lowest BCUT2D eigenvalue weighted by Crippen LogP contribution is -2.23. The first-order chi connectivity index (χ1) is 13.2. The molecular weight excluding hydrogens is 414 g/mol. The molecule has 2 aromatic rings. The fourth-order valence-electron chi connectivity index (χ4n) is 3.43. The minimum atomic E-state index is -3.94. The molecule has 0 amide bonds. The first-order valence-corrected chi connectivity index (χ1v) is 10.4. The lowest BCUT2D eigenvalue weighted by atomic mass is 9.97. The van der Waals surface area contributed by atoms with E-state index in [4.69, 9.17) is 16.3 Å². The summed E-state index contributed by atoms with van der Waals surface area (Å²) in [6, 6.07) is 8.24. The van der Waals surface area contributed by atoms with E-state index in [0.717, 1.165) is 18.2 Å². The van der Waals surface area contributed by atoms with Gasteiger partial charge in [-0.3, -0.25) is 4.79 Å². The monoisotopic (exact) mass is 430 g/mol. The van der Waals surface area contributed by atoms with Crippen molar-refractivity contribution in [1.82, 2.24) is 0 Å². The maximum absolute atomic E-state index is 13.2. The van der Waals surface area contributed by atoms with Crippen molar-refractivity contribution in [3.63, 3.8) is 0 Å². The van der Waals surface area contributed by atoms with Crippen molar-refractivity contribution in [3.8, 4) is 5.75 Å². The molecule has 0 saturated heterocycles. The number of hydrogen-bond acceptors (Lipinski definition) is 4. The number of halogens is 3. The smallest absolute Gasteiger partial charge is 0.306 e. The van der Waals surface area contributed by atoms with Gasteiger partial charge in [0.05, 0.1) is 27.7 Å². The Labute approximate surface area is 165 Å². The van der Waals surface area contributed by atoms with Crippen LogP contribution < -0.4 is 4.74 Å². The van der Waals surface area contributed by atoms with Crippen LogP contribution in [0.4, 0.5) is 8.78 Å². The van der Waals surface area contributed by atoms with Crippen LogP contribution in [0.3, 0.4) is 0 Å². The zero-order valence-corrected chi connectivity index (χ0v) is 16.1. The molecule has 28 heavy (non-hydrogen) atoms. The summed E-state index contributed by atoms with van der Waals surface area (Å²) < 4.78 is 57.5. The maximum atomic E-state index is 13.2. The summed E-state index contributed by atoms with van der Waals surface area (Å²) in [4.78, 5) is 11.4. The molecule has 0 bridgehead atoms. The van der Waals surface area contributed by atoms with Crippen molar-refractivity contribution in [1.29, 1.82) is 0 Å². The third-order valence-electron chi connectivity index (χ3n) is 4.89. The first kappa shape index (κ1) is 20.5. The fourth-order valence-corrected chi connectivity index (χ4v) is 5.83. The number of carboxylic acid groups (broad SMARTS) is 1. The Morgan fingerprint density at radius 3 is 2.36 bits per heavy atom. The van der Waals surface area contributed by atoms with Gasteiger partial charge in [-0.15, -0.1) is 0 Å². The summed E-state index contributed by atoms with van der Waals surface area (Å²) in [5.74, 6) is -3.32. The number of carbonyl (C=O) groups is 1. The second-order valence-corrected chi connectivity index (χ2v) is 9.29. The Morgan fingerprint density at radius 2 is 1.75 bits per heavy atom. The van der Waals surface area contributed by atoms with Crippen LogP contribution in [0.1, 0.15) is 12.8 Å². The van der Waals surface area contributed by atoms with Gasteiger partial charge < -0.3 is 9.84 Å². The maximum Gasteiger partial charge on any atom is 0.306 e. The van der Waals surface area contributed by atoms with E-state index >= 15 is 0 Å². The second kappa shape index (κ2) is 8.05. The van der Waals surface area contributed by atoms with E-state index in [1.807, 2.05) is 0 Å². The normalized spacial score (nSPS) is 22.2. The van der Waals surface area contributed by atoms with Crippen LogP contribution in [0.15, 0.2) is 47.4 Å². The summed E-state index contributed by atoms with van der Waals surface area (Å²) in [6.07, 6.45) is -0.0307. The lowest BCUT2D eigenvalue weighted by Gasteiger charge is -2.16. The minimum absolute atomic E-state index is 0.0221. The Kier molecular flexibility index (Phi) is 5.90. The van der Waals surface area contributed by atoms with E-state index in [2.05, 4.69) is 0 Å². The summed E-state index contributed by atoms with van der Waals surface area (Å²) in [6.45, 7) is -0.0221. The van der Waals surface area contributed by atoms with Crippen molar-refractivity contribution in [2.75, 3.05) is 6.61 Å². The van der Waals surface area contributed by atoms with Crippen LogP contribution in [0, 0.1) is 23.5 Å². The minimum Gasteiger partial charge on any atom is -0.493 e. The summed E-state index contributed by atoms with van der Waals surface area (Å²) >= 11 is 5.89. The number of benzene rings is 2. The van der Waals surface area contributed by atoms with Crippen molar-refractivity contribution < 1.29 is 31.8 Å². The average Bonchev–Trinajstić information content (AvgIpc) is 3.06. The highest BCUT2D eigenvalue weighted by Gasteiger charge is 2.45. The SMILES string of the molecule is O=C(O)[C@@H]1C[C@@H](S(=O)(=O)c2ccc(F)cc2Cl)C[C@H]1COc1ccc(F)cc1. The Morgan fingerprint density at radius 1 is 1.11 bits per heavy atom. The van der Waals surface area contributed by atoms with Crippen molar-refractivity contribution in [3.05, 3.63) is 59.1 Å². The standard InChI is InChI=1S/C19H17ClF2O5S/c20-17-8-13(22)3-6-18(17)28(25,26)15-7-11(16(9-15)19(23)24)10-27-14-4-1-12(21)2-5-14/h1-6,8,11,15-16H,7,9-10H2,(H,23,24)/t11-,15-,16+/m0/s1. The number of hydrogen-bond donors (Lipinski definition) is 1. The molecule has 9 heteroatoms. The van der Waals surface area contributed by atoms with Gasteiger partial charge in [-0.2, -0.15) is 0 Å². The van der Waals surface area contributed by atoms with Crippen LogP contribution in [0.2, 0.25) is 5.02 Å². The largest absolute Gasteiger partial charge is 0.493 e. The molecule has 1 aliphatic rings. The van der Waals surface area contributed by atoms with Gasteiger partial charge in [0, 0.05) is 5.92 Å². The first-order valence-electron chi connectivity index (χ1n) is 8.48. The van der Waals surface area contributed by atoms with Gasteiger partial charge in [-0.05, 0) is 55.3 Å². The van der Waals surface area contributed by atoms with Gasteiger partial charge in [0.2, 0.25) is 0 Å². The molecule has 3 atom stereocenters. The summed E-state index contributed by atoms with van der Waals surface area (Å²) in [5, 5.41) is 8.27. The molecular formula is C19H17ClF2O5S. The third-order valence-corrected chi connectivity index (χ3v) is 7.54. The predicted molar refractivity (Wildman–Crippen MR) is 98.1 cm³/mol. The van der Waals surface area contributed by atoms with Gasteiger partial charge in [0.15, 0.2) is 9.84 Å². The fraction of sp³-hybridized carbons (Fsp3) is 0.316. The van der Waals surface area contributed by atoms with E-state index in [9.17, 15) is 27.1 Å². The lowest BCUT2D eigenvalue weighted by molar-refractivity contribution is -0.143. The molecule has 0 spiro atoms. The highest BCUT2D eigenvalue weighted by molar-refractivity contribution is 7.92. The number of sulfone groups is 1. The quantitative estimate of drug-likeness (QED) is 0.702. The highest BCUT2D eigenvalue weighted by Crippen LogP contribution is 2.40. The van der Waals surface area contributed by atoms with E-state index in [1.165, 1.54) is 24.3 Å². The zero-order chi connectivity index (χ0) is 20.5. The molecule has 150 valence electrons. The number of ether oxygens (including phenoxy) is 1. The van der Waals surface area contributed by atoms with E-state index in [0.29, 0.717) is 5.75 Å². The molecule has 2 aromatic carbocycles. The summed E-state index contributed by atoms with van der Waals surface area (Å²) in [7, 11) is -3.94. The second-order valence-electron chi connectivity index (χ2n) is 6.68. The molecule has 0 unspecified atom stereocenters. The van der Waals surface area contributed by atoms with Crippen LogP contribution in [0.25, 0.3) is 0 Å².